The van der Waals surface area contributed by atoms with Gasteiger partial charge in [0.1, 0.15) is 12.1 Å². The Balaban J connectivity index is 1.88. The van der Waals surface area contributed by atoms with Gasteiger partial charge in [-0.25, -0.2) is 0 Å². The highest BCUT2D eigenvalue weighted by molar-refractivity contribution is 6.43. The van der Waals surface area contributed by atoms with Crippen LogP contribution in [0.2, 0.25) is 0 Å². The van der Waals surface area contributed by atoms with Crippen molar-refractivity contribution in [3.8, 4) is 0 Å². The largest absolute Gasteiger partial charge is 0.480 e. The van der Waals surface area contributed by atoms with E-state index in [1.807, 2.05) is 0 Å². The van der Waals surface area contributed by atoms with Crippen LogP contribution in [0.15, 0.2) is 0 Å². The van der Waals surface area contributed by atoms with Crippen LogP contribution in [0.4, 0.5) is 0 Å². The first-order valence-electron chi connectivity index (χ1n) is 21.4. The summed E-state index contributed by atoms with van der Waals surface area (Å²) in [5.74, 6) is -9.98. The van der Waals surface area contributed by atoms with Gasteiger partial charge in [-0.1, -0.05) is 13.8 Å². The van der Waals surface area contributed by atoms with Crippen molar-refractivity contribution in [1.29, 1.82) is 0 Å². The molecule has 25 heteroatoms. The van der Waals surface area contributed by atoms with Crippen molar-refractivity contribution in [3.63, 3.8) is 0 Å². The minimum Gasteiger partial charge on any atom is -0.480 e. The molecule has 0 bridgehead atoms. The lowest BCUT2D eigenvalue weighted by molar-refractivity contribution is -0.145. The van der Waals surface area contributed by atoms with Crippen LogP contribution in [-0.4, -0.2) is 231 Å². The minimum atomic E-state index is -1.72. The van der Waals surface area contributed by atoms with Gasteiger partial charge in [0.25, 0.3) is 0 Å². The summed E-state index contributed by atoms with van der Waals surface area (Å²) in [6.07, 6.45) is -0.433. The number of carbonyl (C=O) groups excluding carboxylic acids is 6. The number of carbonyl (C=O) groups is 10. The smallest absolute Gasteiger partial charge is 0.475 e. The molecule has 360 valence electrons. The summed E-state index contributed by atoms with van der Waals surface area (Å²) in [6.45, 7) is 3.90. The van der Waals surface area contributed by atoms with Crippen LogP contribution in [0.3, 0.4) is 0 Å². The third kappa shape index (κ3) is 20.6. The van der Waals surface area contributed by atoms with E-state index in [2.05, 4.69) is 16.0 Å². The fourth-order valence-corrected chi connectivity index (χ4v) is 7.51. The molecule has 2 heterocycles. The van der Waals surface area contributed by atoms with Gasteiger partial charge in [-0.2, -0.15) is 0 Å². The number of ketones is 2. The highest BCUT2D eigenvalue weighted by Crippen LogP contribution is 2.20. The molecule has 24 nitrogen and oxygen atoms in total. The molecule has 2 saturated heterocycles. The van der Waals surface area contributed by atoms with Crippen LogP contribution in [0.25, 0.3) is 0 Å². The SMILES string of the molecule is CC(C)[C@H](CC(=O)CNC(=O)CCC(=O)CNC(=O)CCC(C(=O)O)N1CCN(CC(=O)O)CCN(CC(=O)O)CCN(CC(=O)O)CC1)C(=O)N[C@H](C)C(=O)N1CCC[C@H]1B(O)O. The molecule has 64 heavy (non-hydrogen) atoms. The van der Waals surface area contributed by atoms with E-state index in [4.69, 9.17) is 0 Å². The Labute approximate surface area is 371 Å². The normalized spacial score (nSPS) is 18.7. The van der Waals surface area contributed by atoms with Gasteiger partial charge in [0.15, 0.2) is 11.6 Å². The quantitative estimate of drug-likeness (QED) is 0.0394. The van der Waals surface area contributed by atoms with Gasteiger partial charge in [0.2, 0.25) is 23.6 Å². The molecular formula is C39H65BN8O16. The second kappa shape index (κ2) is 28.0. The first-order valence-corrected chi connectivity index (χ1v) is 21.4. The zero-order valence-electron chi connectivity index (χ0n) is 36.8. The van der Waals surface area contributed by atoms with E-state index in [1.54, 1.807) is 18.7 Å². The molecule has 0 saturated carbocycles. The van der Waals surface area contributed by atoms with Crippen molar-refractivity contribution in [1.82, 2.24) is 40.4 Å². The van der Waals surface area contributed by atoms with Crippen LogP contribution in [0, 0.1) is 11.8 Å². The molecule has 0 aromatic heterocycles. The first kappa shape index (κ1) is 55.1. The topological polar surface area (TPSA) is 344 Å². The van der Waals surface area contributed by atoms with Crippen LogP contribution in [0.1, 0.15) is 65.7 Å². The minimum absolute atomic E-state index is 0.0198. The summed E-state index contributed by atoms with van der Waals surface area (Å²) < 4.78 is 0. The predicted octanol–water partition coefficient (Wildman–Crippen LogP) is -3.98. The Bertz CT molecular complexity index is 1620. The second-order valence-electron chi connectivity index (χ2n) is 16.5. The second-order valence-corrected chi connectivity index (χ2v) is 16.5. The standard InChI is InChI=1S/C39H65BN8O16/c1-25(2)29(37(59)43-26(3)38(60)48-10-4-5-31(48)40(63)64)19-28(50)21-42-32(51)8-6-27(49)20-41-33(52)9-7-30(39(61)62)47-17-15-45(23-35(55)56)13-11-44(22-34(53)54)12-14-46(16-18-47)24-36(57)58/h25-26,29-31,63-64H,4-24H2,1-3H3,(H,41,52)(H,42,51)(H,43,59)(H,53,54)(H,55,56)(H,57,58)(H,61,62)/t26-,29+,30?,31+/m1/s1. The number of hydrogen-bond acceptors (Lipinski definition) is 16. The van der Waals surface area contributed by atoms with Crippen molar-refractivity contribution in [2.24, 2.45) is 11.8 Å². The number of likely N-dealkylation sites (tertiary alicyclic amines) is 1. The first-order chi connectivity index (χ1) is 30.1. The van der Waals surface area contributed by atoms with Crippen molar-refractivity contribution in [2.75, 3.05) is 91.6 Å². The number of carboxylic acids is 4. The van der Waals surface area contributed by atoms with Crippen LogP contribution in [-0.2, 0) is 47.9 Å². The number of nitrogens with one attached hydrogen (secondary N) is 3. The molecule has 2 fully saturated rings. The van der Waals surface area contributed by atoms with Gasteiger partial charge < -0.3 is 51.3 Å². The maximum Gasteiger partial charge on any atom is 0.475 e. The van der Waals surface area contributed by atoms with Gasteiger partial charge >= 0.3 is 31.0 Å². The molecule has 2 rings (SSSR count). The third-order valence-electron chi connectivity index (χ3n) is 11.2. The van der Waals surface area contributed by atoms with E-state index in [9.17, 15) is 78.4 Å². The number of carboxylic acid groups (broad SMARTS) is 4. The maximum absolute atomic E-state index is 13.1. The van der Waals surface area contributed by atoms with E-state index < -0.39 is 116 Å². The summed E-state index contributed by atoms with van der Waals surface area (Å²) in [6, 6.07) is -2.25. The lowest BCUT2D eigenvalue weighted by Crippen LogP contribution is -2.53. The third-order valence-corrected chi connectivity index (χ3v) is 11.2. The van der Waals surface area contributed by atoms with Crippen LogP contribution in [0.5, 0.6) is 0 Å². The lowest BCUT2D eigenvalue weighted by atomic mass is 9.78. The summed E-state index contributed by atoms with van der Waals surface area (Å²) in [4.78, 5) is 131. The van der Waals surface area contributed by atoms with Crippen molar-refractivity contribution in [2.45, 2.75) is 83.7 Å². The predicted molar refractivity (Wildman–Crippen MR) is 225 cm³/mol. The zero-order chi connectivity index (χ0) is 48.1. The molecule has 0 aromatic rings. The molecule has 0 spiro atoms. The summed E-state index contributed by atoms with van der Waals surface area (Å²) in [7, 11) is -1.72. The van der Waals surface area contributed by atoms with E-state index in [-0.39, 0.29) is 96.9 Å². The molecule has 0 aromatic carbocycles. The fraction of sp³-hybridized carbons (Fsp3) is 0.744. The van der Waals surface area contributed by atoms with Gasteiger partial charge in [0.05, 0.1) is 38.7 Å². The van der Waals surface area contributed by atoms with Gasteiger partial charge in [-0.05, 0) is 32.1 Å². The van der Waals surface area contributed by atoms with Crippen LogP contribution < -0.4 is 16.0 Å². The van der Waals surface area contributed by atoms with E-state index in [1.165, 1.54) is 26.5 Å². The monoisotopic (exact) mass is 912 g/mol. The molecule has 4 atom stereocenters. The maximum atomic E-state index is 13.1. The Morgan fingerprint density at radius 1 is 0.625 bits per heavy atom. The Kier molecular flexibility index (Phi) is 24.1. The number of nitrogens with zero attached hydrogens (tertiary/aromatic N) is 5. The van der Waals surface area contributed by atoms with Crippen molar-refractivity contribution < 1.29 is 78.4 Å². The molecule has 9 N–H and O–H groups in total. The number of rotatable bonds is 25. The number of Topliss-reactive ketones (excluding diaryl/α,β-unsaturated/α-hetero) is 2. The van der Waals surface area contributed by atoms with Crippen molar-refractivity contribution in [3.05, 3.63) is 0 Å². The van der Waals surface area contributed by atoms with E-state index >= 15 is 0 Å². The molecular weight excluding hydrogens is 847 g/mol. The number of aliphatic carboxylic acids is 4. The molecule has 4 amide bonds. The Morgan fingerprint density at radius 2 is 1.09 bits per heavy atom. The van der Waals surface area contributed by atoms with E-state index in [0.29, 0.717) is 19.4 Å². The highest BCUT2D eigenvalue weighted by Gasteiger charge is 2.39. The Morgan fingerprint density at radius 3 is 1.55 bits per heavy atom. The lowest BCUT2D eigenvalue weighted by Gasteiger charge is -2.35. The summed E-state index contributed by atoms with van der Waals surface area (Å²) in [5, 5.41) is 65.0. The Hall–Kier alpha value is -5.08. The summed E-state index contributed by atoms with van der Waals surface area (Å²) >= 11 is 0. The number of hydrogen-bond donors (Lipinski definition) is 9. The fourth-order valence-electron chi connectivity index (χ4n) is 7.51. The molecule has 0 aliphatic carbocycles. The highest BCUT2D eigenvalue weighted by atomic mass is 16.4. The van der Waals surface area contributed by atoms with Crippen molar-refractivity contribution >= 4 is 66.2 Å². The zero-order valence-corrected chi connectivity index (χ0v) is 36.8. The van der Waals surface area contributed by atoms with Gasteiger partial charge in [0, 0.05) is 90.5 Å². The average Bonchev–Trinajstić information content (AvgIpc) is 3.70. The average molecular weight is 913 g/mol. The molecule has 2 aliphatic heterocycles. The number of amides is 4. The van der Waals surface area contributed by atoms with Gasteiger partial charge in [-0.3, -0.25) is 67.5 Å². The molecule has 1 unspecified atom stereocenters. The van der Waals surface area contributed by atoms with Gasteiger partial charge in [-0.15, -0.1) is 0 Å². The molecule has 2 aliphatic rings. The van der Waals surface area contributed by atoms with Crippen LogP contribution >= 0.6 is 0 Å². The summed E-state index contributed by atoms with van der Waals surface area (Å²) in [5.41, 5.74) is 0. The molecule has 0 radical (unpaired) electrons. The van der Waals surface area contributed by atoms with E-state index in [0.717, 1.165) is 0 Å².